The number of rotatable bonds is 5. The molecule has 0 aliphatic carbocycles. The second-order valence-corrected chi connectivity index (χ2v) is 7.79. The standard InChI is InChI=1S/C21H19Cl3N4O2/c1-4-13-10-17(28(27-13)19-15(23)6-5-7-16(19)24)21(30)26-18-11(2)8-12(22)9-14(18)20(29)25-3/h5-10H,4H2,1-3H3,(H,25,29)(H,26,30). The number of aromatic nitrogens is 2. The molecule has 0 saturated heterocycles. The molecule has 0 aliphatic heterocycles. The maximum atomic E-state index is 13.2. The number of aryl methyl sites for hydroxylation is 2. The van der Waals surface area contributed by atoms with Crippen LogP contribution in [0.1, 0.15) is 39.0 Å². The van der Waals surface area contributed by atoms with Crippen molar-refractivity contribution in [3.05, 3.63) is 74.0 Å². The average Bonchev–Trinajstić information content (AvgIpc) is 3.13. The molecule has 9 heteroatoms. The summed E-state index contributed by atoms with van der Waals surface area (Å²) >= 11 is 18.8. The summed E-state index contributed by atoms with van der Waals surface area (Å²) in [6, 6.07) is 9.90. The van der Waals surface area contributed by atoms with Gasteiger partial charge >= 0.3 is 0 Å². The monoisotopic (exact) mass is 464 g/mol. The zero-order chi connectivity index (χ0) is 22.0. The number of amides is 2. The second-order valence-electron chi connectivity index (χ2n) is 6.54. The smallest absolute Gasteiger partial charge is 0.274 e. The van der Waals surface area contributed by atoms with Crippen LogP contribution in [0.5, 0.6) is 0 Å². The van der Waals surface area contributed by atoms with Gasteiger partial charge in [0.1, 0.15) is 11.4 Å². The van der Waals surface area contributed by atoms with E-state index in [9.17, 15) is 9.59 Å². The molecule has 0 radical (unpaired) electrons. The van der Waals surface area contributed by atoms with Crippen LogP contribution in [0.25, 0.3) is 5.69 Å². The van der Waals surface area contributed by atoms with Gasteiger partial charge in [-0.15, -0.1) is 0 Å². The van der Waals surface area contributed by atoms with Crippen LogP contribution in [0, 0.1) is 6.92 Å². The molecule has 0 aliphatic rings. The number of carbonyl (C=O) groups excluding carboxylic acids is 2. The van der Waals surface area contributed by atoms with Crippen molar-refractivity contribution in [2.45, 2.75) is 20.3 Å². The first-order chi connectivity index (χ1) is 14.3. The lowest BCUT2D eigenvalue weighted by molar-refractivity contribution is 0.0964. The molecular weight excluding hydrogens is 447 g/mol. The first-order valence-corrected chi connectivity index (χ1v) is 10.3. The van der Waals surface area contributed by atoms with E-state index in [-0.39, 0.29) is 17.2 Å². The summed E-state index contributed by atoms with van der Waals surface area (Å²) in [5.41, 5.74) is 2.60. The van der Waals surface area contributed by atoms with Gasteiger partial charge in [0.15, 0.2) is 0 Å². The number of hydrogen-bond donors (Lipinski definition) is 2. The third kappa shape index (κ3) is 4.31. The fourth-order valence-corrected chi connectivity index (χ4v) is 3.86. The van der Waals surface area contributed by atoms with Gasteiger partial charge in [-0.05, 0) is 49.2 Å². The van der Waals surface area contributed by atoms with Crippen LogP contribution in [-0.4, -0.2) is 28.6 Å². The number of anilines is 1. The Bertz CT molecular complexity index is 1120. The molecule has 0 spiro atoms. The van der Waals surface area contributed by atoms with Gasteiger partial charge in [0.2, 0.25) is 0 Å². The summed E-state index contributed by atoms with van der Waals surface area (Å²) in [6.07, 6.45) is 0.610. The van der Waals surface area contributed by atoms with Crippen LogP contribution in [-0.2, 0) is 6.42 Å². The zero-order valence-electron chi connectivity index (χ0n) is 16.5. The Morgan fingerprint density at radius 2 is 1.73 bits per heavy atom. The lowest BCUT2D eigenvalue weighted by atomic mass is 10.1. The van der Waals surface area contributed by atoms with Crippen molar-refractivity contribution in [2.75, 3.05) is 12.4 Å². The van der Waals surface area contributed by atoms with Crippen molar-refractivity contribution in [3.63, 3.8) is 0 Å². The quantitative estimate of drug-likeness (QED) is 0.536. The van der Waals surface area contributed by atoms with Crippen molar-refractivity contribution < 1.29 is 9.59 Å². The molecule has 0 fully saturated rings. The third-order valence-corrected chi connectivity index (χ3v) is 5.34. The minimum atomic E-state index is -0.464. The van der Waals surface area contributed by atoms with E-state index in [1.165, 1.54) is 17.8 Å². The highest BCUT2D eigenvalue weighted by Gasteiger charge is 2.22. The second kappa shape index (κ2) is 9.08. The number of halogens is 3. The van der Waals surface area contributed by atoms with Crippen LogP contribution in [0.15, 0.2) is 36.4 Å². The summed E-state index contributed by atoms with van der Waals surface area (Å²) in [4.78, 5) is 25.5. The molecule has 2 N–H and O–H groups in total. The number of nitrogens with one attached hydrogen (secondary N) is 2. The molecule has 1 heterocycles. The van der Waals surface area contributed by atoms with E-state index in [4.69, 9.17) is 34.8 Å². The van der Waals surface area contributed by atoms with Gasteiger partial charge in [-0.25, -0.2) is 4.68 Å². The van der Waals surface area contributed by atoms with E-state index >= 15 is 0 Å². The van der Waals surface area contributed by atoms with Gasteiger partial charge in [0.25, 0.3) is 11.8 Å². The highest BCUT2D eigenvalue weighted by atomic mass is 35.5. The number of hydrogen-bond acceptors (Lipinski definition) is 3. The summed E-state index contributed by atoms with van der Waals surface area (Å²) in [5, 5.41) is 11.0. The number of para-hydroxylation sites is 1. The van der Waals surface area contributed by atoms with Gasteiger partial charge in [-0.1, -0.05) is 47.8 Å². The molecule has 2 aromatic carbocycles. The SMILES string of the molecule is CCc1cc(C(=O)Nc2c(C)cc(Cl)cc2C(=O)NC)n(-c2c(Cl)cccc2Cl)n1. The Morgan fingerprint density at radius 1 is 1.07 bits per heavy atom. The molecule has 156 valence electrons. The molecule has 0 atom stereocenters. The largest absolute Gasteiger partial charge is 0.355 e. The Kier molecular flexibility index (Phi) is 6.71. The van der Waals surface area contributed by atoms with Crippen LogP contribution >= 0.6 is 34.8 Å². The van der Waals surface area contributed by atoms with Gasteiger partial charge in [0.05, 0.1) is 27.0 Å². The van der Waals surface area contributed by atoms with E-state index in [0.29, 0.717) is 44.1 Å². The highest BCUT2D eigenvalue weighted by Crippen LogP contribution is 2.31. The fourth-order valence-electron chi connectivity index (χ4n) is 3.03. The van der Waals surface area contributed by atoms with Crippen molar-refractivity contribution in [3.8, 4) is 5.69 Å². The first-order valence-electron chi connectivity index (χ1n) is 9.13. The lowest BCUT2D eigenvalue weighted by Gasteiger charge is -2.15. The minimum absolute atomic E-state index is 0.235. The molecule has 0 bridgehead atoms. The number of nitrogens with zero attached hydrogens (tertiary/aromatic N) is 2. The minimum Gasteiger partial charge on any atom is -0.355 e. The summed E-state index contributed by atoms with van der Waals surface area (Å²) in [7, 11) is 1.51. The molecule has 0 saturated carbocycles. The highest BCUT2D eigenvalue weighted by molar-refractivity contribution is 6.37. The van der Waals surface area contributed by atoms with Crippen molar-refractivity contribution in [1.29, 1.82) is 0 Å². The van der Waals surface area contributed by atoms with E-state index in [1.807, 2.05) is 6.92 Å². The van der Waals surface area contributed by atoms with Gasteiger partial charge in [-0.3, -0.25) is 9.59 Å². The Morgan fingerprint density at radius 3 is 2.33 bits per heavy atom. The predicted octanol–water partition coefficient (Wildman–Crippen LogP) is 5.32. The lowest BCUT2D eigenvalue weighted by Crippen LogP contribution is -2.23. The third-order valence-electron chi connectivity index (χ3n) is 4.51. The Labute approximate surface area is 189 Å². The van der Waals surface area contributed by atoms with E-state index in [2.05, 4.69) is 15.7 Å². The summed E-state index contributed by atoms with van der Waals surface area (Å²) in [6.45, 7) is 3.68. The molecule has 2 amide bonds. The molecule has 6 nitrogen and oxygen atoms in total. The normalized spacial score (nSPS) is 10.7. The molecule has 30 heavy (non-hydrogen) atoms. The topological polar surface area (TPSA) is 76.0 Å². The number of benzene rings is 2. The van der Waals surface area contributed by atoms with Gasteiger partial charge in [-0.2, -0.15) is 5.10 Å². The molecule has 0 unspecified atom stereocenters. The summed E-state index contributed by atoms with van der Waals surface area (Å²) in [5.74, 6) is -0.832. The number of carbonyl (C=O) groups is 2. The maximum Gasteiger partial charge on any atom is 0.274 e. The van der Waals surface area contributed by atoms with Crippen molar-refractivity contribution in [2.24, 2.45) is 0 Å². The van der Waals surface area contributed by atoms with Crippen molar-refractivity contribution in [1.82, 2.24) is 15.1 Å². The summed E-state index contributed by atoms with van der Waals surface area (Å²) < 4.78 is 1.42. The average molecular weight is 466 g/mol. The predicted molar refractivity (Wildman–Crippen MR) is 120 cm³/mol. The van der Waals surface area contributed by atoms with Gasteiger partial charge < -0.3 is 10.6 Å². The Hall–Kier alpha value is -2.54. The van der Waals surface area contributed by atoms with Crippen LogP contribution in [0.2, 0.25) is 15.1 Å². The molecule has 3 aromatic rings. The molecular formula is C21H19Cl3N4O2. The zero-order valence-corrected chi connectivity index (χ0v) is 18.8. The Balaban J connectivity index is 2.10. The molecule has 1 aromatic heterocycles. The first kappa shape index (κ1) is 22.2. The van der Waals surface area contributed by atoms with Crippen LogP contribution in [0.4, 0.5) is 5.69 Å². The van der Waals surface area contributed by atoms with E-state index in [0.717, 1.165) is 0 Å². The fraction of sp³-hybridized carbons (Fsp3) is 0.190. The van der Waals surface area contributed by atoms with Crippen LogP contribution < -0.4 is 10.6 Å². The maximum absolute atomic E-state index is 13.2. The molecule has 3 rings (SSSR count). The van der Waals surface area contributed by atoms with Crippen molar-refractivity contribution >= 4 is 52.3 Å². The van der Waals surface area contributed by atoms with E-state index in [1.54, 1.807) is 37.3 Å². The van der Waals surface area contributed by atoms with E-state index < -0.39 is 5.91 Å². The van der Waals surface area contributed by atoms with Crippen LogP contribution in [0.3, 0.4) is 0 Å². The van der Waals surface area contributed by atoms with Gasteiger partial charge in [0, 0.05) is 12.1 Å².